The lowest BCUT2D eigenvalue weighted by atomic mass is 10.1. The summed E-state index contributed by atoms with van der Waals surface area (Å²) in [5.74, 6) is 0. The summed E-state index contributed by atoms with van der Waals surface area (Å²) in [6.07, 6.45) is 2.79. The summed E-state index contributed by atoms with van der Waals surface area (Å²) in [4.78, 5) is 5.17. The second-order valence-corrected chi connectivity index (χ2v) is 6.48. The van der Waals surface area contributed by atoms with Crippen LogP contribution in [0, 0.1) is 6.92 Å². The third kappa shape index (κ3) is 3.79. The Labute approximate surface area is 114 Å². The molecule has 102 valence electrons. The van der Waals surface area contributed by atoms with Gasteiger partial charge in [0.05, 0.1) is 12.7 Å². The van der Waals surface area contributed by atoms with Crippen molar-refractivity contribution in [3.63, 3.8) is 0 Å². The highest BCUT2D eigenvalue weighted by atomic mass is 32.1. The van der Waals surface area contributed by atoms with Gasteiger partial charge < -0.3 is 15.0 Å². The van der Waals surface area contributed by atoms with Gasteiger partial charge in [-0.15, -0.1) is 11.3 Å². The first-order valence-corrected chi connectivity index (χ1v) is 7.53. The summed E-state index contributed by atoms with van der Waals surface area (Å²) in [7, 11) is 4.17. The van der Waals surface area contributed by atoms with E-state index in [4.69, 9.17) is 4.74 Å². The molecule has 0 aliphatic carbocycles. The van der Waals surface area contributed by atoms with E-state index >= 15 is 0 Å². The average Bonchev–Trinajstić information content (AvgIpc) is 2.70. The van der Waals surface area contributed by atoms with E-state index < -0.39 is 0 Å². The van der Waals surface area contributed by atoms with Crippen LogP contribution in [0.15, 0.2) is 6.07 Å². The smallest absolute Gasteiger partial charge is 0.0731 e. The van der Waals surface area contributed by atoms with Crippen LogP contribution in [0.5, 0.6) is 0 Å². The van der Waals surface area contributed by atoms with Gasteiger partial charge in [0.25, 0.3) is 0 Å². The Kier molecular flexibility index (Phi) is 5.18. The van der Waals surface area contributed by atoms with Gasteiger partial charge in [0.1, 0.15) is 0 Å². The minimum atomic E-state index is 0.452. The molecular weight excluding hydrogens is 244 g/mol. The molecule has 0 atom stereocenters. The monoisotopic (exact) mass is 268 g/mol. The number of piperidine rings is 1. The molecule has 2 rings (SSSR count). The lowest BCUT2D eigenvalue weighted by Crippen LogP contribution is -2.34. The second kappa shape index (κ2) is 6.66. The van der Waals surface area contributed by atoms with Crippen LogP contribution >= 0.6 is 11.3 Å². The van der Waals surface area contributed by atoms with Gasteiger partial charge in [0, 0.05) is 29.4 Å². The lowest BCUT2D eigenvalue weighted by Gasteiger charge is -2.28. The third-order valence-electron chi connectivity index (χ3n) is 3.56. The fraction of sp³-hybridized carbons (Fsp3) is 0.714. The van der Waals surface area contributed by atoms with Gasteiger partial charge in [0.15, 0.2) is 0 Å². The van der Waals surface area contributed by atoms with Crippen molar-refractivity contribution in [2.24, 2.45) is 0 Å². The molecule has 1 aromatic heterocycles. The van der Waals surface area contributed by atoms with Crippen LogP contribution in [-0.4, -0.2) is 38.2 Å². The Hall–Kier alpha value is -0.420. The number of hydrogen-bond donors (Lipinski definition) is 1. The van der Waals surface area contributed by atoms with Crippen molar-refractivity contribution < 1.29 is 4.74 Å². The quantitative estimate of drug-likeness (QED) is 0.887. The van der Waals surface area contributed by atoms with Crippen molar-refractivity contribution in [3.8, 4) is 0 Å². The number of aryl methyl sites for hydroxylation is 1. The minimum absolute atomic E-state index is 0.452. The van der Waals surface area contributed by atoms with E-state index in [1.807, 2.05) is 18.4 Å². The summed E-state index contributed by atoms with van der Waals surface area (Å²) < 4.78 is 6.05. The fourth-order valence-electron chi connectivity index (χ4n) is 2.35. The summed E-state index contributed by atoms with van der Waals surface area (Å²) in [5.41, 5.74) is 1.36. The van der Waals surface area contributed by atoms with E-state index in [2.05, 4.69) is 30.3 Å². The highest BCUT2D eigenvalue weighted by Crippen LogP contribution is 2.23. The number of nitrogens with one attached hydrogen (secondary N) is 1. The van der Waals surface area contributed by atoms with Gasteiger partial charge >= 0.3 is 0 Å². The molecule has 1 aliphatic heterocycles. The first kappa shape index (κ1) is 14.0. The Morgan fingerprint density at radius 2 is 2.17 bits per heavy atom. The van der Waals surface area contributed by atoms with Crippen LogP contribution in [0.4, 0.5) is 0 Å². The minimum Gasteiger partial charge on any atom is -0.373 e. The number of thiophene rings is 1. The number of rotatable bonds is 5. The molecule has 0 bridgehead atoms. The summed E-state index contributed by atoms with van der Waals surface area (Å²) in [5, 5.41) is 3.20. The predicted molar refractivity (Wildman–Crippen MR) is 77.1 cm³/mol. The summed E-state index contributed by atoms with van der Waals surface area (Å²) in [6.45, 7) is 6.26. The molecule has 4 heteroatoms. The molecule has 2 heterocycles. The van der Waals surface area contributed by atoms with Crippen molar-refractivity contribution in [2.45, 2.75) is 39.0 Å². The molecule has 1 aliphatic rings. The van der Waals surface area contributed by atoms with Gasteiger partial charge in [0.2, 0.25) is 0 Å². The zero-order chi connectivity index (χ0) is 13.0. The normalized spacial score (nSPS) is 18.4. The molecular formula is C14H24N2OS. The van der Waals surface area contributed by atoms with Gasteiger partial charge in [-0.2, -0.15) is 0 Å². The number of hydrogen-bond acceptors (Lipinski definition) is 4. The summed E-state index contributed by atoms with van der Waals surface area (Å²) >= 11 is 1.88. The molecule has 0 radical (unpaired) electrons. The number of likely N-dealkylation sites (tertiary alicyclic amines) is 1. The molecule has 0 saturated carbocycles. The highest BCUT2D eigenvalue weighted by molar-refractivity contribution is 7.12. The van der Waals surface area contributed by atoms with Crippen molar-refractivity contribution >= 4 is 11.3 Å². The lowest BCUT2D eigenvalue weighted by molar-refractivity contribution is 0.00208. The topological polar surface area (TPSA) is 24.5 Å². The Morgan fingerprint density at radius 3 is 2.83 bits per heavy atom. The van der Waals surface area contributed by atoms with Crippen LogP contribution in [0.3, 0.4) is 0 Å². The standard InChI is InChI=1S/C14H24N2OS/c1-11-12(8-14(18-11)9-15-2)10-17-13-4-6-16(3)7-5-13/h8,13,15H,4-7,9-10H2,1-3H3. The van der Waals surface area contributed by atoms with Gasteiger partial charge in [-0.05, 0) is 45.5 Å². The van der Waals surface area contributed by atoms with Crippen molar-refractivity contribution in [2.75, 3.05) is 27.2 Å². The molecule has 1 fully saturated rings. The molecule has 18 heavy (non-hydrogen) atoms. The molecule has 0 aromatic carbocycles. The predicted octanol–water partition coefficient (Wildman–Crippen LogP) is 2.39. The van der Waals surface area contributed by atoms with Gasteiger partial charge in [-0.3, -0.25) is 0 Å². The van der Waals surface area contributed by atoms with Gasteiger partial charge in [-0.25, -0.2) is 0 Å². The summed E-state index contributed by atoms with van der Waals surface area (Å²) in [6, 6.07) is 2.28. The zero-order valence-electron chi connectivity index (χ0n) is 11.7. The van der Waals surface area contributed by atoms with E-state index in [1.165, 1.54) is 28.2 Å². The molecule has 1 N–H and O–H groups in total. The van der Waals surface area contributed by atoms with Crippen LogP contribution in [0.1, 0.15) is 28.2 Å². The number of nitrogens with zero attached hydrogens (tertiary/aromatic N) is 1. The van der Waals surface area contributed by atoms with E-state index in [1.54, 1.807) is 0 Å². The van der Waals surface area contributed by atoms with Crippen LogP contribution in [0.2, 0.25) is 0 Å². The van der Waals surface area contributed by atoms with Crippen LogP contribution in [-0.2, 0) is 17.9 Å². The maximum Gasteiger partial charge on any atom is 0.0731 e. The van der Waals surface area contributed by atoms with Crippen molar-refractivity contribution in [3.05, 3.63) is 21.4 Å². The Balaban J connectivity index is 1.82. The fourth-order valence-corrected chi connectivity index (χ4v) is 3.41. The molecule has 0 spiro atoms. The maximum absolute atomic E-state index is 6.05. The van der Waals surface area contributed by atoms with E-state index in [-0.39, 0.29) is 0 Å². The number of ether oxygens (including phenoxy) is 1. The molecule has 1 aromatic rings. The van der Waals surface area contributed by atoms with Crippen LogP contribution in [0.25, 0.3) is 0 Å². The van der Waals surface area contributed by atoms with Crippen LogP contribution < -0.4 is 5.32 Å². The third-order valence-corrected chi connectivity index (χ3v) is 4.66. The SMILES string of the molecule is CNCc1cc(COC2CCN(C)CC2)c(C)s1. The Morgan fingerprint density at radius 1 is 1.44 bits per heavy atom. The largest absolute Gasteiger partial charge is 0.373 e. The van der Waals surface area contributed by atoms with E-state index in [0.717, 1.165) is 26.2 Å². The highest BCUT2D eigenvalue weighted by Gasteiger charge is 2.17. The molecule has 0 unspecified atom stereocenters. The average molecular weight is 268 g/mol. The van der Waals surface area contributed by atoms with Crippen molar-refractivity contribution in [1.29, 1.82) is 0 Å². The molecule has 3 nitrogen and oxygen atoms in total. The first-order chi connectivity index (χ1) is 8.69. The zero-order valence-corrected chi connectivity index (χ0v) is 12.5. The maximum atomic E-state index is 6.05. The van der Waals surface area contributed by atoms with E-state index in [0.29, 0.717) is 6.10 Å². The second-order valence-electron chi connectivity index (χ2n) is 5.14. The molecule has 1 saturated heterocycles. The van der Waals surface area contributed by atoms with E-state index in [9.17, 15) is 0 Å². The Bertz CT molecular complexity index is 370. The van der Waals surface area contributed by atoms with Crippen molar-refractivity contribution in [1.82, 2.24) is 10.2 Å². The first-order valence-electron chi connectivity index (χ1n) is 6.72. The van der Waals surface area contributed by atoms with Gasteiger partial charge in [-0.1, -0.05) is 0 Å². The molecule has 0 amide bonds.